The smallest absolute Gasteiger partial charge is 0.230 e. The quantitative estimate of drug-likeness (QED) is 0.433. The molecule has 0 N–H and O–H groups in total. The van der Waals surface area contributed by atoms with Crippen molar-refractivity contribution in [1.82, 2.24) is 9.80 Å². The van der Waals surface area contributed by atoms with E-state index in [1.165, 1.54) is 11.3 Å². The van der Waals surface area contributed by atoms with Crippen LogP contribution in [-0.4, -0.2) is 41.4 Å². The van der Waals surface area contributed by atoms with Gasteiger partial charge in [0.25, 0.3) is 0 Å². The van der Waals surface area contributed by atoms with Crippen LogP contribution in [0, 0.1) is 29.6 Å². The summed E-state index contributed by atoms with van der Waals surface area (Å²) < 4.78 is 0. The maximum absolute atomic E-state index is 13.3. The highest BCUT2D eigenvalue weighted by molar-refractivity contribution is 5.82. The molecule has 0 aromatic heterocycles. The fraction of sp³-hybridized carbons (Fsp3) is 0.656. The fourth-order valence-electron chi connectivity index (χ4n) is 6.00. The minimum atomic E-state index is 0.189. The number of benzene rings is 1. The second kappa shape index (κ2) is 14.6. The highest BCUT2D eigenvalue weighted by atomic mass is 16.2. The highest BCUT2D eigenvalue weighted by Crippen LogP contribution is 2.51. The third kappa shape index (κ3) is 6.88. The molecular weight excluding hydrogens is 428 g/mol. The van der Waals surface area contributed by atoms with Crippen molar-refractivity contribution in [2.75, 3.05) is 19.6 Å². The van der Waals surface area contributed by atoms with E-state index in [0.29, 0.717) is 23.8 Å². The Hall–Kier alpha value is -1.87. The van der Waals surface area contributed by atoms with Gasteiger partial charge in [-0.3, -0.25) is 4.79 Å². The molecule has 0 bridgehead atoms. The molecule has 3 heteroatoms. The number of hydrogen-bond donors (Lipinski definition) is 0. The zero-order valence-corrected chi connectivity index (χ0v) is 23.8. The summed E-state index contributed by atoms with van der Waals surface area (Å²) in [6, 6.07) is 11.2. The van der Waals surface area contributed by atoms with E-state index in [9.17, 15) is 4.79 Å². The van der Waals surface area contributed by atoms with Crippen molar-refractivity contribution in [2.45, 2.75) is 87.1 Å². The Morgan fingerprint density at radius 2 is 1.66 bits per heavy atom. The molecule has 0 spiro atoms. The standard InChI is InChI=1S/C26H34N2O.3C2H6/c1-3-20-15-21-17-27(13-11-19-7-5-4-6-8-19)14-12-25(21)28(26(20)29)22-9-10-23-18(2)24(23)16-22;3*1-2/h4-10,16,18,20-21,23-25H,3,11-15,17H2,1-2H3;3*1-2H3. The van der Waals surface area contributed by atoms with Crippen LogP contribution in [0.2, 0.25) is 0 Å². The van der Waals surface area contributed by atoms with Crippen LogP contribution >= 0.6 is 0 Å². The van der Waals surface area contributed by atoms with E-state index in [1.54, 1.807) is 0 Å². The van der Waals surface area contributed by atoms with Gasteiger partial charge in [-0.25, -0.2) is 0 Å². The maximum Gasteiger partial charge on any atom is 0.230 e. The first-order chi connectivity index (χ1) is 17.2. The molecule has 1 saturated carbocycles. The third-order valence-electron chi connectivity index (χ3n) is 7.98. The van der Waals surface area contributed by atoms with Crippen LogP contribution in [0.5, 0.6) is 0 Å². The molecular formula is C32H52N2O. The molecule has 6 atom stereocenters. The van der Waals surface area contributed by atoms with Gasteiger partial charge >= 0.3 is 0 Å². The summed E-state index contributed by atoms with van der Waals surface area (Å²) in [7, 11) is 0. The average molecular weight is 481 g/mol. The summed E-state index contributed by atoms with van der Waals surface area (Å²) >= 11 is 0. The van der Waals surface area contributed by atoms with Gasteiger partial charge in [-0.05, 0) is 61.0 Å². The molecule has 0 radical (unpaired) electrons. The summed E-state index contributed by atoms with van der Waals surface area (Å²) in [5, 5.41) is 0. The Morgan fingerprint density at radius 3 is 2.29 bits per heavy atom. The topological polar surface area (TPSA) is 23.6 Å². The van der Waals surface area contributed by atoms with E-state index >= 15 is 0 Å². The maximum atomic E-state index is 13.3. The van der Waals surface area contributed by atoms with Crippen LogP contribution in [0.1, 0.15) is 80.2 Å². The first kappa shape index (κ1) is 29.4. The van der Waals surface area contributed by atoms with Gasteiger partial charge in [0.2, 0.25) is 5.91 Å². The molecule has 2 heterocycles. The number of rotatable bonds is 5. The summed E-state index contributed by atoms with van der Waals surface area (Å²) in [4.78, 5) is 18.2. The molecule has 4 aliphatic rings. The molecule has 5 rings (SSSR count). The summed E-state index contributed by atoms with van der Waals surface area (Å²) in [5.74, 6) is 3.31. The van der Waals surface area contributed by atoms with Crippen LogP contribution in [0.3, 0.4) is 0 Å². The van der Waals surface area contributed by atoms with E-state index in [-0.39, 0.29) is 5.92 Å². The van der Waals surface area contributed by atoms with Crippen molar-refractivity contribution < 1.29 is 4.79 Å². The summed E-state index contributed by atoms with van der Waals surface area (Å²) in [6.45, 7) is 19.9. The Bertz CT molecular complexity index is 814. The zero-order valence-electron chi connectivity index (χ0n) is 23.8. The molecule has 3 nitrogen and oxygen atoms in total. The lowest BCUT2D eigenvalue weighted by molar-refractivity contribution is -0.144. The lowest BCUT2D eigenvalue weighted by Crippen LogP contribution is -2.58. The molecule has 2 saturated heterocycles. The van der Waals surface area contributed by atoms with E-state index < -0.39 is 0 Å². The van der Waals surface area contributed by atoms with Crippen molar-refractivity contribution in [2.24, 2.45) is 29.6 Å². The van der Waals surface area contributed by atoms with Crippen LogP contribution in [0.25, 0.3) is 0 Å². The predicted octanol–water partition coefficient (Wildman–Crippen LogP) is 7.59. The zero-order chi connectivity index (χ0) is 26.0. The van der Waals surface area contributed by atoms with Crippen molar-refractivity contribution >= 4 is 5.91 Å². The normalized spacial score (nSPS) is 30.7. The van der Waals surface area contributed by atoms with Gasteiger partial charge in [0.05, 0.1) is 0 Å². The fourth-order valence-corrected chi connectivity index (χ4v) is 6.00. The van der Waals surface area contributed by atoms with Gasteiger partial charge in [0, 0.05) is 37.3 Å². The number of amides is 1. The van der Waals surface area contributed by atoms with Crippen LogP contribution in [0.4, 0.5) is 0 Å². The Morgan fingerprint density at radius 1 is 0.971 bits per heavy atom. The number of fused-ring (bicyclic) bond motifs is 2. The minimum absolute atomic E-state index is 0.189. The Labute approximate surface area is 216 Å². The molecule has 1 aromatic rings. The molecule has 35 heavy (non-hydrogen) atoms. The number of hydrogen-bond acceptors (Lipinski definition) is 2. The van der Waals surface area contributed by atoms with Gasteiger partial charge < -0.3 is 9.80 Å². The summed E-state index contributed by atoms with van der Waals surface area (Å²) in [6.07, 6.45) is 11.3. The molecule has 1 amide bonds. The SMILES string of the molecule is CC.CC.CC.CCC1CC2CN(CCc3ccccc3)CCC2N(C2=CC3C(C)C3C=C2)C1=O. The highest BCUT2D eigenvalue weighted by Gasteiger charge is 2.48. The number of piperidine rings is 2. The number of likely N-dealkylation sites (tertiary alicyclic amines) is 2. The Kier molecular flexibility index (Phi) is 12.3. The third-order valence-corrected chi connectivity index (χ3v) is 7.98. The second-order valence-corrected chi connectivity index (χ2v) is 9.67. The predicted molar refractivity (Wildman–Crippen MR) is 151 cm³/mol. The number of carbonyl (C=O) groups excluding carboxylic acids is 1. The number of carbonyl (C=O) groups is 1. The molecule has 6 unspecified atom stereocenters. The molecule has 3 fully saturated rings. The van der Waals surface area contributed by atoms with Crippen molar-refractivity contribution in [1.29, 1.82) is 0 Å². The molecule has 2 aliphatic heterocycles. The number of nitrogens with zero attached hydrogens (tertiary/aromatic N) is 2. The largest absolute Gasteiger partial charge is 0.309 e. The van der Waals surface area contributed by atoms with E-state index in [4.69, 9.17) is 0 Å². The summed E-state index contributed by atoms with van der Waals surface area (Å²) in [5.41, 5.74) is 2.62. The van der Waals surface area contributed by atoms with E-state index in [1.807, 2.05) is 41.5 Å². The lowest BCUT2D eigenvalue weighted by Gasteiger charge is -2.49. The van der Waals surface area contributed by atoms with Crippen molar-refractivity contribution in [3.8, 4) is 0 Å². The van der Waals surface area contributed by atoms with E-state index in [2.05, 4.69) is 72.2 Å². The first-order valence-electron chi connectivity index (χ1n) is 14.6. The van der Waals surface area contributed by atoms with Gasteiger partial charge in [0.1, 0.15) is 0 Å². The monoisotopic (exact) mass is 480 g/mol. The molecule has 1 aromatic carbocycles. The van der Waals surface area contributed by atoms with Crippen molar-refractivity contribution in [3.63, 3.8) is 0 Å². The van der Waals surface area contributed by atoms with Gasteiger partial charge in [-0.2, -0.15) is 0 Å². The number of allylic oxidation sites excluding steroid dienone is 3. The van der Waals surface area contributed by atoms with E-state index in [0.717, 1.165) is 57.2 Å². The van der Waals surface area contributed by atoms with Gasteiger partial charge in [-0.1, -0.05) is 97.9 Å². The average Bonchev–Trinajstić information content (AvgIpc) is 3.59. The van der Waals surface area contributed by atoms with Crippen LogP contribution in [0.15, 0.2) is 54.3 Å². The second-order valence-electron chi connectivity index (χ2n) is 9.67. The first-order valence-corrected chi connectivity index (χ1v) is 14.6. The molecule has 196 valence electrons. The lowest BCUT2D eigenvalue weighted by atomic mass is 9.77. The molecule has 2 aliphatic carbocycles. The van der Waals surface area contributed by atoms with Crippen LogP contribution < -0.4 is 0 Å². The van der Waals surface area contributed by atoms with Crippen LogP contribution in [-0.2, 0) is 11.2 Å². The van der Waals surface area contributed by atoms with Gasteiger partial charge in [0.15, 0.2) is 0 Å². The minimum Gasteiger partial charge on any atom is -0.309 e. The van der Waals surface area contributed by atoms with Crippen molar-refractivity contribution in [3.05, 3.63) is 59.8 Å². The Balaban J connectivity index is 0.000000671. The van der Waals surface area contributed by atoms with Gasteiger partial charge in [-0.15, -0.1) is 0 Å².